The standard InChI is InChI=1S/C33H52N4O7/c1-20(2)25(35-32(42)43-19-23-15-12-11-13-16-23)28(38)34-26(21(3)4)29(39)36(10)27(22(5)6)30(40)37-18-14-17-24(37)31(41)44-33(7,8)9/h11-13,15-16,20-22,24-27H,14,17-19H2,1-10H3,(H,34,38)(H,35,42)/t24-,25-,26-,27-/m0/s1. The largest absolute Gasteiger partial charge is 0.458 e. The molecule has 0 aliphatic carbocycles. The van der Waals surface area contributed by atoms with Gasteiger partial charge in [0.2, 0.25) is 17.7 Å². The monoisotopic (exact) mass is 616 g/mol. The summed E-state index contributed by atoms with van der Waals surface area (Å²) in [6, 6.07) is 5.68. The molecular formula is C33H52N4O7. The van der Waals surface area contributed by atoms with Crippen LogP contribution < -0.4 is 10.6 Å². The van der Waals surface area contributed by atoms with E-state index >= 15 is 0 Å². The number of benzene rings is 1. The molecule has 0 saturated carbocycles. The first-order valence-corrected chi connectivity index (χ1v) is 15.5. The maximum Gasteiger partial charge on any atom is 0.408 e. The summed E-state index contributed by atoms with van der Waals surface area (Å²) in [5.74, 6) is -2.66. The molecule has 2 N–H and O–H groups in total. The highest BCUT2D eigenvalue weighted by molar-refractivity contribution is 5.95. The SMILES string of the molecule is CC(C)[C@H](NC(=O)OCc1ccccc1)C(=O)N[C@H](C(=O)N(C)[C@H](C(=O)N1CCC[C@H]1C(=O)OC(C)(C)C)C(C)C)C(C)C. The van der Waals surface area contributed by atoms with Crippen LogP contribution in [0, 0.1) is 17.8 Å². The maximum absolute atomic E-state index is 13.9. The highest BCUT2D eigenvalue weighted by Crippen LogP contribution is 2.25. The van der Waals surface area contributed by atoms with E-state index in [2.05, 4.69) is 10.6 Å². The summed E-state index contributed by atoms with van der Waals surface area (Å²) in [7, 11) is 1.55. The van der Waals surface area contributed by atoms with E-state index in [0.29, 0.717) is 19.4 Å². The van der Waals surface area contributed by atoms with Crippen LogP contribution in [0.1, 0.15) is 80.7 Å². The number of rotatable bonds is 12. The van der Waals surface area contributed by atoms with Gasteiger partial charge in [0.15, 0.2) is 0 Å². The molecule has 2 rings (SSSR count). The zero-order valence-corrected chi connectivity index (χ0v) is 28.0. The first-order valence-electron chi connectivity index (χ1n) is 15.5. The van der Waals surface area contributed by atoms with Crippen molar-refractivity contribution < 1.29 is 33.4 Å². The van der Waals surface area contributed by atoms with Crippen LogP contribution in [-0.4, -0.2) is 82.9 Å². The van der Waals surface area contributed by atoms with Crippen molar-refractivity contribution in [2.75, 3.05) is 13.6 Å². The second-order valence-electron chi connectivity index (χ2n) is 13.5. The lowest BCUT2D eigenvalue weighted by molar-refractivity contribution is -0.165. The number of ether oxygens (including phenoxy) is 2. The average Bonchev–Trinajstić information content (AvgIpc) is 3.42. The Balaban J connectivity index is 2.17. The summed E-state index contributed by atoms with van der Waals surface area (Å²) in [4.78, 5) is 69.6. The Bertz CT molecular complexity index is 1150. The van der Waals surface area contributed by atoms with Crippen LogP contribution in [0.3, 0.4) is 0 Å². The van der Waals surface area contributed by atoms with Crippen molar-refractivity contribution in [1.82, 2.24) is 20.4 Å². The smallest absolute Gasteiger partial charge is 0.408 e. The van der Waals surface area contributed by atoms with Crippen LogP contribution in [0.5, 0.6) is 0 Å². The lowest BCUT2D eigenvalue weighted by atomic mass is 9.96. The normalized spacial score (nSPS) is 17.2. The molecule has 0 spiro atoms. The van der Waals surface area contributed by atoms with Gasteiger partial charge >= 0.3 is 12.1 Å². The second-order valence-corrected chi connectivity index (χ2v) is 13.5. The van der Waals surface area contributed by atoms with Gasteiger partial charge in [-0.1, -0.05) is 71.9 Å². The van der Waals surface area contributed by atoms with Gasteiger partial charge in [-0.15, -0.1) is 0 Å². The van der Waals surface area contributed by atoms with E-state index in [1.165, 1.54) is 9.80 Å². The Morgan fingerprint density at radius 3 is 2.02 bits per heavy atom. The van der Waals surface area contributed by atoms with E-state index in [9.17, 15) is 24.0 Å². The summed E-state index contributed by atoms with van der Waals surface area (Å²) in [6.07, 6.45) is 0.397. The first kappa shape index (κ1) is 36.6. The van der Waals surface area contributed by atoms with Gasteiger partial charge in [0.05, 0.1) is 0 Å². The van der Waals surface area contributed by atoms with Crippen molar-refractivity contribution >= 4 is 29.8 Å². The molecule has 0 radical (unpaired) electrons. The minimum absolute atomic E-state index is 0.0490. The van der Waals surface area contributed by atoms with E-state index in [-0.39, 0.29) is 30.3 Å². The number of hydrogen-bond acceptors (Lipinski definition) is 7. The van der Waals surface area contributed by atoms with Gasteiger partial charge in [-0.05, 0) is 56.9 Å². The molecule has 0 bridgehead atoms. The minimum atomic E-state index is -0.967. The molecule has 1 heterocycles. The number of esters is 1. The van der Waals surface area contributed by atoms with Crippen LogP contribution in [0.15, 0.2) is 30.3 Å². The number of nitrogens with one attached hydrogen (secondary N) is 2. The van der Waals surface area contributed by atoms with Crippen molar-refractivity contribution in [2.24, 2.45) is 17.8 Å². The fourth-order valence-electron chi connectivity index (χ4n) is 5.25. The van der Waals surface area contributed by atoms with Crippen molar-refractivity contribution in [2.45, 2.75) is 112 Å². The molecule has 4 amide bonds. The number of likely N-dealkylation sites (tertiary alicyclic amines) is 1. The third-order valence-electron chi connectivity index (χ3n) is 7.53. The number of amides is 4. The maximum atomic E-state index is 13.9. The molecule has 1 saturated heterocycles. The van der Waals surface area contributed by atoms with Crippen LogP contribution in [0.2, 0.25) is 0 Å². The van der Waals surface area contributed by atoms with Gasteiger partial charge in [-0.2, -0.15) is 0 Å². The summed E-state index contributed by atoms with van der Waals surface area (Å²) >= 11 is 0. The molecule has 0 unspecified atom stereocenters. The van der Waals surface area contributed by atoms with Crippen molar-refractivity contribution in [3.05, 3.63) is 35.9 Å². The van der Waals surface area contributed by atoms with E-state index in [0.717, 1.165) is 5.56 Å². The summed E-state index contributed by atoms with van der Waals surface area (Å²) in [5, 5.41) is 5.44. The molecule has 1 aliphatic heterocycles. The second kappa shape index (κ2) is 15.9. The predicted octanol–water partition coefficient (Wildman–Crippen LogP) is 3.89. The van der Waals surface area contributed by atoms with Crippen molar-refractivity contribution in [1.29, 1.82) is 0 Å². The van der Waals surface area contributed by atoms with Gasteiger partial charge in [-0.25, -0.2) is 9.59 Å². The van der Waals surface area contributed by atoms with Gasteiger partial charge in [-0.3, -0.25) is 14.4 Å². The number of carbonyl (C=O) groups excluding carboxylic acids is 5. The van der Waals surface area contributed by atoms with Crippen LogP contribution in [0.4, 0.5) is 4.79 Å². The predicted molar refractivity (Wildman–Crippen MR) is 167 cm³/mol. The van der Waals surface area contributed by atoms with E-state index in [1.807, 2.05) is 44.2 Å². The Labute approximate surface area is 262 Å². The Kier molecular flexibility index (Phi) is 13.2. The van der Waals surface area contributed by atoms with Crippen LogP contribution >= 0.6 is 0 Å². The Hall–Kier alpha value is -3.63. The number of carbonyl (C=O) groups is 5. The molecule has 0 aromatic heterocycles. The van der Waals surface area contributed by atoms with E-state index < -0.39 is 53.6 Å². The van der Waals surface area contributed by atoms with Crippen LogP contribution in [0.25, 0.3) is 0 Å². The number of nitrogens with zero attached hydrogens (tertiary/aromatic N) is 2. The topological polar surface area (TPSA) is 134 Å². The third kappa shape index (κ3) is 10.2. The van der Waals surface area contributed by atoms with Gasteiger partial charge in [0, 0.05) is 13.6 Å². The van der Waals surface area contributed by atoms with E-state index in [1.54, 1.807) is 55.5 Å². The average molecular weight is 617 g/mol. The first-order chi connectivity index (χ1) is 20.4. The molecule has 11 heteroatoms. The lowest BCUT2D eigenvalue weighted by Crippen LogP contribution is -2.61. The molecule has 1 aliphatic rings. The Morgan fingerprint density at radius 2 is 1.50 bits per heavy atom. The number of hydrogen-bond donors (Lipinski definition) is 2. The summed E-state index contributed by atoms with van der Waals surface area (Å²) in [5.41, 5.74) is 0.116. The minimum Gasteiger partial charge on any atom is -0.458 e. The van der Waals surface area contributed by atoms with Gasteiger partial charge in [0.25, 0.3) is 0 Å². The molecule has 1 aromatic rings. The molecular weight excluding hydrogens is 564 g/mol. The molecule has 246 valence electrons. The highest BCUT2D eigenvalue weighted by Gasteiger charge is 2.43. The van der Waals surface area contributed by atoms with Crippen molar-refractivity contribution in [3.8, 4) is 0 Å². The quantitative estimate of drug-likeness (QED) is 0.340. The third-order valence-corrected chi connectivity index (χ3v) is 7.53. The molecule has 11 nitrogen and oxygen atoms in total. The Morgan fingerprint density at radius 1 is 0.909 bits per heavy atom. The van der Waals surface area contributed by atoms with Crippen LogP contribution in [-0.2, 0) is 35.3 Å². The number of alkyl carbamates (subject to hydrolysis) is 1. The fourth-order valence-corrected chi connectivity index (χ4v) is 5.25. The van der Waals surface area contributed by atoms with Crippen molar-refractivity contribution in [3.63, 3.8) is 0 Å². The van der Waals surface area contributed by atoms with Gasteiger partial charge in [0.1, 0.15) is 36.4 Å². The molecule has 44 heavy (non-hydrogen) atoms. The summed E-state index contributed by atoms with van der Waals surface area (Å²) in [6.45, 7) is 16.6. The van der Waals surface area contributed by atoms with Gasteiger partial charge < -0.3 is 29.9 Å². The zero-order chi connectivity index (χ0) is 33.4. The lowest BCUT2D eigenvalue weighted by Gasteiger charge is -2.38. The summed E-state index contributed by atoms with van der Waals surface area (Å²) < 4.78 is 10.9. The van der Waals surface area contributed by atoms with E-state index in [4.69, 9.17) is 9.47 Å². The zero-order valence-electron chi connectivity index (χ0n) is 28.0. The molecule has 1 fully saturated rings. The fraction of sp³-hybridized carbons (Fsp3) is 0.667. The highest BCUT2D eigenvalue weighted by atomic mass is 16.6. The number of likely N-dealkylation sites (N-methyl/N-ethyl adjacent to an activating group) is 1. The molecule has 4 atom stereocenters. The molecule has 1 aromatic carbocycles.